The van der Waals surface area contributed by atoms with E-state index >= 15 is 0 Å². The molecule has 9 heteroatoms. The number of rotatable bonds is 8. The minimum Gasteiger partial charge on any atom is -0.457 e. The number of aryl methyl sites for hydroxylation is 3. The Balaban J connectivity index is 1.88. The molecule has 1 heterocycles. The third kappa shape index (κ3) is 5.30. The molecule has 0 aliphatic rings. The van der Waals surface area contributed by atoms with Gasteiger partial charge >= 0.3 is 5.97 Å². The third-order valence-electron chi connectivity index (χ3n) is 5.13. The normalized spacial score (nSPS) is 11.5. The third-order valence-corrected chi connectivity index (χ3v) is 6.46. The second kappa shape index (κ2) is 8.87. The van der Waals surface area contributed by atoms with Crippen LogP contribution in [0.25, 0.3) is 0 Å². The molecule has 0 saturated heterocycles. The molecule has 1 N–H and O–H groups in total. The van der Waals surface area contributed by atoms with Gasteiger partial charge in [0.05, 0.1) is 6.42 Å². The maximum Gasteiger partial charge on any atom is 0.307 e. The first-order chi connectivity index (χ1) is 13.4. The van der Waals surface area contributed by atoms with Crippen LogP contribution in [0.2, 0.25) is 0 Å². The van der Waals surface area contributed by atoms with Crippen LogP contribution in [-0.4, -0.2) is 42.9 Å². The van der Waals surface area contributed by atoms with Crippen LogP contribution in [0.5, 0.6) is 0 Å². The zero-order chi connectivity index (χ0) is 21.9. The average Bonchev–Trinajstić information content (AvgIpc) is 3.00. The van der Waals surface area contributed by atoms with Gasteiger partial charge in [-0.3, -0.25) is 9.59 Å². The number of ketones is 1. The van der Waals surface area contributed by atoms with Gasteiger partial charge in [-0.1, -0.05) is 0 Å². The van der Waals surface area contributed by atoms with Gasteiger partial charge in [0.2, 0.25) is 5.78 Å². The number of hydrogen-bond donors (Lipinski definition) is 1. The molecule has 2 aromatic rings. The van der Waals surface area contributed by atoms with E-state index < -0.39 is 16.0 Å². The molecule has 158 valence electrons. The first kappa shape index (κ1) is 22.8. The Bertz CT molecular complexity index is 1040. The highest BCUT2D eigenvalue weighted by molar-refractivity contribution is 7.89. The van der Waals surface area contributed by atoms with Gasteiger partial charge in [0.25, 0.3) is 10.0 Å². The molecule has 0 atom stereocenters. The molecule has 0 aliphatic carbocycles. The van der Waals surface area contributed by atoms with Crippen LogP contribution < -0.4 is 4.72 Å². The topological polar surface area (TPSA) is 107 Å². The van der Waals surface area contributed by atoms with Gasteiger partial charge in [-0.2, -0.15) is 0 Å². The van der Waals surface area contributed by atoms with E-state index in [0.717, 1.165) is 22.3 Å². The molecule has 0 spiro atoms. The molecule has 0 radical (unpaired) electrons. The molecule has 1 aromatic carbocycles. The number of nitrogens with one attached hydrogen (secondary N) is 1. The predicted molar refractivity (Wildman–Crippen MR) is 108 cm³/mol. The summed E-state index contributed by atoms with van der Waals surface area (Å²) in [6.45, 7) is 8.91. The lowest BCUT2D eigenvalue weighted by molar-refractivity contribution is -0.142. The van der Waals surface area contributed by atoms with Crippen LogP contribution in [-0.2, 0) is 26.6 Å². The molecule has 1 aromatic heterocycles. The summed E-state index contributed by atoms with van der Waals surface area (Å²) in [5.41, 5.74) is 4.57. The van der Waals surface area contributed by atoms with Crippen LogP contribution in [0.3, 0.4) is 0 Å². The number of imidazole rings is 1. The second-order valence-electron chi connectivity index (χ2n) is 7.08. The summed E-state index contributed by atoms with van der Waals surface area (Å²) in [5.74, 6) is -0.386. The minimum atomic E-state index is -3.81. The van der Waals surface area contributed by atoms with Crippen molar-refractivity contribution in [3.05, 3.63) is 45.9 Å². The van der Waals surface area contributed by atoms with E-state index in [2.05, 4.69) is 9.71 Å². The Morgan fingerprint density at radius 1 is 1.10 bits per heavy atom. The fourth-order valence-electron chi connectivity index (χ4n) is 2.81. The van der Waals surface area contributed by atoms with Gasteiger partial charge in [-0.15, -0.1) is 0 Å². The molecular formula is C20H27N3O5S. The number of ether oxygens (including phenoxy) is 1. The fourth-order valence-corrected chi connectivity index (χ4v) is 3.88. The smallest absolute Gasteiger partial charge is 0.307 e. The van der Waals surface area contributed by atoms with Crippen molar-refractivity contribution in [3.8, 4) is 0 Å². The lowest BCUT2D eigenvalue weighted by Crippen LogP contribution is -2.27. The first-order valence-corrected chi connectivity index (χ1v) is 10.7. The van der Waals surface area contributed by atoms with Crippen molar-refractivity contribution in [1.29, 1.82) is 0 Å². The van der Waals surface area contributed by atoms with E-state index in [1.165, 1.54) is 6.20 Å². The molecule has 29 heavy (non-hydrogen) atoms. The summed E-state index contributed by atoms with van der Waals surface area (Å²) in [5, 5.41) is -0.110. The minimum absolute atomic E-state index is 0.110. The average molecular weight is 422 g/mol. The number of esters is 1. The summed E-state index contributed by atoms with van der Waals surface area (Å²) in [6, 6.07) is 1.80. The zero-order valence-corrected chi connectivity index (χ0v) is 18.4. The number of aromatic nitrogens is 2. The number of carbonyl (C=O) groups is 2. The largest absolute Gasteiger partial charge is 0.457 e. The molecule has 0 aliphatic heterocycles. The standard InChI is InChI=1S/C20H27N3O5S/c1-12-9-17(15(4)14(3)13(12)2)18(24)11-28-20(25)7-8-21-29(26,27)19-10-23(6)16(5)22-19/h9-10,21H,7-8,11H2,1-6H3. The van der Waals surface area contributed by atoms with Gasteiger partial charge in [0, 0.05) is 25.4 Å². The lowest BCUT2D eigenvalue weighted by Gasteiger charge is -2.13. The van der Waals surface area contributed by atoms with Crippen molar-refractivity contribution in [3.63, 3.8) is 0 Å². The molecule has 2 rings (SSSR count). The SMILES string of the molecule is Cc1cc(C(=O)COC(=O)CCNS(=O)(=O)c2cn(C)c(C)n2)c(C)c(C)c1C. The van der Waals surface area contributed by atoms with Crippen molar-refractivity contribution >= 4 is 21.8 Å². The molecule has 0 unspecified atom stereocenters. The molecular weight excluding hydrogens is 394 g/mol. The summed E-state index contributed by atoms with van der Waals surface area (Å²) in [6.07, 6.45) is 1.20. The van der Waals surface area contributed by atoms with Gasteiger partial charge in [0.15, 0.2) is 11.6 Å². The van der Waals surface area contributed by atoms with Gasteiger partial charge in [-0.25, -0.2) is 18.1 Å². The van der Waals surface area contributed by atoms with Crippen molar-refractivity contribution in [2.75, 3.05) is 13.2 Å². The fraction of sp³-hybridized carbons (Fsp3) is 0.450. The van der Waals surface area contributed by atoms with Crippen LogP contribution in [0.1, 0.15) is 44.9 Å². The van der Waals surface area contributed by atoms with Crippen LogP contribution >= 0.6 is 0 Å². The van der Waals surface area contributed by atoms with Gasteiger partial charge in [0.1, 0.15) is 5.82 Å². The van der Waals surface area contributed by atoms with Crippen molar-refractivity contribution in [2.45, 2.75) is 46.1 Å². The van der Waals surface area contributed by atoms with E-state index in [9.17, 15) is 18.0 Å². The number of sulfonamides is 1. The lowest BCUT2D eigenvalue weighted by atomic mass is 9.93. The molecule has 0 saturated carbocycles. The quantitative estimate of drug-likeness (QED) is 0.516. The number of nitrogens with zero attached hydrogens (tertiary/aromatic N) is 2. The number of carbonyl (C=O) groups excluding carboxylic acids is 2. The summed E-state index contributed by atoms with van der Waals surface area (Å²) >= 11 is 0. The number of benzene rings is 1. The predicted octanol–water partition coefficient (Wildman–Crippen LogP) is 2.06. The maximum absolute atomic E-state index is 12.4. The summed E-state index contributed by atoms with van der Waals surface area (Å²) < 4.78 is 33.3. The molecule has 0 fully saturated rings. The molecule has 0 amide bonds. The van der Waals surface area contributed by atoms with Crippen molar-refractivity contribution in [1.82, 2.24) is 14.3 Å². The highest BCUT2D eigenvalue weighted by Crippen LogP contribution is 2.21. The Morgan fingerprint density at radius 2 is 1.76 bits per heavy atom. The maximum atomic E-state index is 12.4. The summed E-state index contributed by atoms with van der Waals surface area (Å²) in [4.78, 5) is 28.3. The first-order valence-electron chi connectivity index (χ1n) is 9.20. The monoisotopic (exact) mass is 421 g/mol. The Morgan fingerprint density at radius 3 is 2.34 bits per heavy atom. The Hall–Kier alpha value is -2.52. The number of hydrogen-bond acceptors (Lipinski definition) is 6. The molecule has 8 nitrogen and oxygen atoms in total. The van der Waals surface area contributed by atoms with E-state index in [-0.39, 0.29) is 30.4 Å². The van der Waals surface area contributed by atoms with Crippen LogP contribution in [0.15, 0.2) is 17.3 Å². The second-order valence-corrected chi connectivity index (χ2v) is 8.80. The Kier molecular flexibility index (Phi) is 6.97. The summed E-state index contributed by atoms with van der Waals surface area (Å²) in [7, 11) is -2.12. The zero-order valence-electron chi connectivity index (χ0n) is 17.6. The van der Waals surface area contributed by atoms with Gasteiger partial charge < -0.3 is 9.30 Å². The van der Waals surface area contributed by atoms with E-state index in [1.54, 1.807) is 24.6 Å². The van der Waals surface area contributed by atoms with Crippen LogP contribution in [0.4, 0.5) is 0 Å². The van der Waals surface area contributed by atoms with Crippen molar-refractivity contribution < 1.29 is 22.7 Å². The van der Waals surface area contributed by atoms with Gasteiger partial charge in [-0.05, 0) is 62.9 Å². The van der Waals surface area contributed by atoms with Crippen molar-refractivity contribution in [2.24, 2.45) is 7.05 Å². The van der Waals surface area contributed by atoms with E-state index in [4.69, 9.17) is 4.74 Å². The van der Waals surface area contributed by atoms with E-state index in [0.29, 0.717) is 11.4 Å². The Labute approximate surface area is 171 Å². The highest BCUT2D eigenvalue weighted by Gasteiger charge is 2.19. The van der Waals surface area contributed by atoms with E-state index in [1.807, 2.05) is 27.7 Å². The number of Topliss-reactive ketones (excluding diaryl/α,β-unsaturated/α-hetero) is 1. The van der Waals surface area contributed by atoms with Crippen LogP contribution in [0, 0.1) is 34.6 Å². The highest BCUT2D eigenvalue weighted by atomic mass is 32.2. The molecule has 0 bridgehead atoms.